The number of nitrogens with one attached hydrogen (secondary N) is 1. The van der Waals surface area contributed by atoms with E-state index in [4.69, 9.17) is 9.47 Å². The molecular formula is C23H22N2O5S. The van der Waals surface area contributed by atoms with Gasteiger partial charge in [-0.2, -0.15) is 0 Å². The standard InChI is InChI=1S/C23H22N2O5S/c1-25(31(27,28)20-7-3-2-4-8-20)18-13-11-17(12-14-18)23(26)24-15-19-16-29-21-9-5-6-10-22(21)30-19/h2-14,19H,15-16H2,1H3,(H,24,26)/t19-/m0/s1. The molecule has 0 bridgehead atoms. The van der Waals surface area contributed by atoms with Crippen LogP contribution in [-0.2, 0) is 10.0 Å². The van der Waals surface area contributed by atoms with Crippen molar-refractivity contribution < 1.29 is 22.7 Å². The van der Waals surface area contributed by atoms with E-state index in [-0.39, 0.29) is 23.5 Å². The zero-order valence-electron chi connectivity index (χ0n) is 16.9. The molecule has 4 rings (SSSR count). The van der Waals surface area contributed by atoms with E-state index in [0.29, 0.717) is 29.4 Å². The molecule has 0 saturated heterocycles. The van der Waals surface area contributed by atoms with Crippen molar-refractivity contribution in [1.82, 2.24) is 5.32 Å². The Morgan fingerprint density at radius 2 is 1.61 bits per heavy atom. The third-order valence-corrected chi connectivity index (χ3v) is 6.75. The molecule has 0 saturated carbocycles. The summed E-state index contributed by atoms with van der Waals surface area (Å²) in [5.41, 5.74) is 0.882. The van der Waals surface area contributed by atoms with Gasteiger partial charge in [0.25, 0.3) is 15.9 Å². The van der Waals surface area contributed by atoms with Crippen LogP contribution >= 0.6 is 0 Å². The predicted octanol–water partition coefficient (Wildman–Crippen LogP) is 3.08. The third-order valence-electron chi connectivity index (χ3n) is 4.95. The lowest BCUT2D eigenvalue weighted by molar-refractivity contribution is 0.0789. The van der Waals surface area contributed by atoms with Gasteiger partial charge in [-0.05, 0) is 48.5 Å². The Morgan fingerprint density at radius 3 is 2.32 bits per heavy atom. The van der Waals surface area contributed by atoms with Crippen molar-refractivity contribution in [3.8, 4) is 11.5 Å². The van der Waals surface area contributed by atoms with Crippen LogP contribution in [0.4, 0.5) is 5.69 Å². The third kappa shape index (κ3) is 4.49. The summed E-state index contributed by atoms with van der Waals surface area (Å²) in [7, 11) is -2.19. The lowest BCUT2D eigenvalue weighted by atomic mass is 10.2. The number of nitrogens with zero attached hydrogens (tertiary/aromatic N) is 1. The monoisotopic (exact) mass is 438 g/mol. The molecule has 3 aromatic rings. The summed E-state index contributed by atoms with van der Waals surface area (Å²) in [4.78, 5) is 12.7. The summed E-state index contributed by atoms with van der Waals surface area (Å²) in [6.07, 6.45) is -0.291. The molecule has 7 nitrogen and oxygen atoms in total. The van der Waals surface area contributed by atoms with Crippen LogP contribution in [0, 0.1) is 0 Å². The van der Waals surface area contributed by atoms with Gasteiger partial charge < -0.3 is 14.8 Å². The van der Waals surface area contributed by atoms with Gasteiger partial charge in [0.15, 0.2) is 11.5 Å². The van der Waals surface area contributed by atoms with E-state index >= 15 is 0 Å². The second-order valence-electron chi connectivity index (χ2n) is 7.04. The number of ether oxygens (including phenoxy) is 2. The Morgan fingerprint density at radius 1 is 0.968 bits per heavy atom. The van der Waals surface area contributed by atoms with E-state index in [1.165, 1.54) is 11.4 Å². The quantitative estimate of drug-likeness (QED) is 0.639. The molecule has 0 spiro atoms. The number of rotatable bonds is 6. The summed E-state index contributed by atoms with van der Waals surface area (Å²) in [6.45, 7) is 0.635. The van der Waals surface area contributed by atoms with Crippen LogP contribution in [0.3, 0.4) is 0 Å². The molecule has 1 aliphatic rings. The van der Waals surface area contributed by atoms with Crippen molar-refractivity contribution in [2.24, 2.45) is 0 Å². The van der Waals surface area contributed by atoms with E-state index in [1.807, 2.05) is 24.3 Å². The second kappa shape index (κ2) is 8.69. The maximum Gasteiger partial charge on any atom is 0.264 e. The minimum Gasteiger partial charge on any atom is -0.486 e. The van der Waals surface area contributed by atoms with Crippen molar-refractivity contribution in [1.29, 1.82) is 0 Å². The van der Waals surface area contributed by atoms with Gasteiger partial charge in [0.2, 0.25) is 0 Å². The molecule has 1 heterocycles. The predicted molar refractivity (Wildman–Crippen MR) is 117 cm³/mol. The first kappa shape index (κ1) is 20.7. The highest BCUT2D eigenvalue weighted by molar-refractivity contribution is 7.92. The number of carbonyl (C=O) groups excluding carboxylic acids is 1. The first-order valence-corrected chi connectivity index (χ1v) is 11.2. The Balaban J connectivity index is 1.37. The smallest absolute Gasteiger partial charge is 0.264 e. The fourth-order valence-corrected chi connectivity index (χ4v) is 4.40. The molecule has 1 amide bonds. The van der Waals surface area contributed by atoms with Gasteiger partial charge in [0, 0.05) is 12.6 Å². The van der Waals surface area contributed by atoms with Crippen LogP contribution in [0.2, 0.25) is 0 Å². The Kier molecular flexibility index (Phi) is 5.81. The van der Waals surface area contributed by atoms with Crippen molar-refractivity contribution >= 4 is 21.6 Å². The summed E-state index contributed by atoms with van der Waals surface area (Å²) < 4.78 is 38.1. The topological polar surface area (TPSA) is 84.9 Å². The molecule has 0 aliphatic carbocycles. The zero-order valence-corrected chi connectivity index (χ0v) is 17.7. The van der Waals surface area contributed by atoms with Crippen LogP contribution in [0.5, 0.6) is 11.5 Å². The summed E-state index contributed by atoms with van der Waals surface area (Å²) >= 11 is 0. The molecule has 31 heavy (non-hydrogen) atoms. The molecule has 1 aliphatic heterocycles. The summed E-state index contributed by atoms with van der Waals surface area (Å²) in [6, 6.07) is 22.0. The first-order chi connectivity index (χ1) is 14.9. The van der Waals surface area contributed by atoms with Crippen molar-refractivity contribution in [3.63, 3.8) is 0 Å². The van der Waals surface area contributed by atoms with Gasteiger partial charge in [-0.25, -0.2) is 8.42 Å². The lowest BCUT2D eigenvalue weighted by Crippen LogP contribution is -2.40. The van der Waals surface area contributed by atoms with Crippen molar-refractivity contribution in [2.45, 2.75) is 11.0 Å². The molecule has 8 heteroatoms. The van der Waals surface area contributed by atoms with Crippen LogP contribution in [-0.4, -0.2) is 40.6 Å². The largest absolute Gasteiger partial charge is 0.486 e. The molecule has 1 N–H and O–H groups in total. The number of amides is 1. The highest BCUT2D eigenvalue weighted by Crippen LogP contribution is 2.30. The zero-order chi connectivity index (χ0) is 21.8. The van der Waals surface area contributed by atoms with Gasteiger partial charge in [0.05, 0.1) is 17.1 Å². The van der Waals surface area contributed by atoms with E-state index in [1.54, 1.807) is 54.6 Å². The number of para-hydroxylation sites is 2. The number of sulfonamides is 1. The van der Waals surface area contributed by atoms with Crippen LogP contribution in [0.15, 0.2) is 83.8 Å². The molecular weight excluding hydrogens is 416 g/mol. The molecule has 0 fully saturated rings. The SMILES string of the molecule is CN(c1ccc(C(=O)NC[C@H]2COc3ccccc3O2)cc1)S(=O)(=O)c1ccccc1. The number of benzene rings is 3. The number of hydrogen-bond donors (Lipinski definition) is 1. The lowest BCUT2D eigenvalue weighted by Gasteiger charge is -2.26. The summed E-state index contributed by atoms with van der Waals surface area (Å²) in [5, 5.41) is 2.83. The molecule has 0 unspecified atom stereocenters. The molecule has 0 aromatic heterocycles. The van der Waals surface area contributed by atoms with Crippen LogP contribution < -0.4 is 19.1 Å². The van der Waals surface area contributed by atoms with Crippen molar-refractivity contribution in [3.05, 3.63) is 84.4 Å². The van der Waals surface area contributed by atoms with Gasteiger partial charge in [0.1, 0.15) is 12.7 Å². The van der Waals surface area contributed by atoms with E-state index in [9.17, 15) is 13.2 Å². The molecule has 3 aromatic carbocycles. The van der Waals surface area contributed by atoms with E-state index in [2.05, 4.69) is 5.32 Å². The van der Waals surface area contributed by atoms with Crippen LogP contribution in [0.1, 0.15) is 10.4 Å². The number of fused-ring (bicyclic) bond motifs is 1. The van der Waals surface area contributed by atoms with Gasteiger partial charge in [-0.1, -0.05) is 30.3 Å². The van der Waals surface area contributed by atoms with Gasteiger partial charge in [-0.3, -0.25) is 9.10 Å². The molecule has 1 atom stereocenters. The van der Waals surface area contributed by atoms with E-state index in [0.717, 1.165) is 0 Å². The van der Waals surface area contributed by atoms with Crippen LogP contribution in [0.25, 0.3) is 0 Å². The number of hydrogen-bond acceptors (Lipinski definition) is 5. The highest BCUT2D eigenvalue weighted by Gasteiger charge is 2.23. The molecule has 160 valence electrons. The maximum atomic E-state index is 12.7. The van der Waals surface area contributed by atoms with E-state index < -0.39 is 10.0 Å². The average Bonchev–Trinajstić information content (AvgIpc) is 2.82. The average molecular weight is 439 g/mol. The Bertz CT molecular complexity index is 1160. The number of anilines is 1. The minimum atomic E-state index is -3.67. The van der Waals surface area contributed by atoms with Crippen molar-refractivity contribution in [2.75, 3.05) is 24.5 Å². The fraction of sp³-hybridized carbons (Fsp3) is 0.174. The highest BCUT2D eigenvalue weighted by atomic mass is 32.2. The Labute approximate surface area is 181 Å². The maximum absolute atomic E-state index is 12.7. The Hall–Kier alpha value is -3.52. The van der Waals surface area contributed by atoms with Gasteiger partial charge in [-0.15, -0.1) is 0 Å². The number of carbonyl (C=O) groups is 1. The van der Waals surface area contributed by atoms with Gasteiger partial charge >= 0.3 is 0 Å². The normalized spacial score (nSPS) is 15.2. The second-order valence-corrected chi connectivity index (χ2v) is 9.01. The first-order valence-electron chi connectivity index (χ1n) is 9.76. The minimum absolute atomic E-state index is 0.204. The summed E-state index contributed by atoms with van der Waals surface area (Å²) in [5.74, 6) is 1.07. The fourth-order valence-electron chi connectivity index (χ4n) is 3.18. The molecule has 0 radical (unpaired) electrons.